The number of nitrogens with zero attached hydrogens (tertiary/aromatic N) is 1. The number of nitrogens with one attached hydrogen (secondary N) is 1. The molecular weight excluding hydrogens is 400 g/mol. The van der Waals surface area contributed by atoms with E-state index < -0.39 is 11.8 Å². The summed E-state index contributed by atoms with van der Waals surface area (Å²) in [5.74, 6) is 0.231. The Hall–Kier alpha value is -3.57. The summed E-state index contributed by atoms with van der Waals surface area (Å²) in [6.07, 6.45) is 0. The van der Waals surface area contributed by atoms with Gasteiger partial charge in [0.2, 0.25) is 0 Å². The van der Waals surface area contributed by atoms with Gasteiger partial charge in [0.05, 0.1) is 5.69 Å². The van der Waals surface area contributed by atoms with Gasteiger partial charge in [-0.2, -0.15) is 0 Å². The first-order valence-corrected chi connectivity index (χ1v) is 9.77. The number of para-hydroxylation sites is 1. The van der Waals surface area contributed by atoms with Crippen LogP contribution < -0.4 is 15.0 Å². The van der Waals surface area contributed by atoms with E-state index in [4.69, 9.17) is 16.3 Å². The molecule has 0 bridgehead atoms. The van der Waals surface area contributed by atoms with Crippen LogP contribution in [0.2, 0.25) is 0 Å². The molecule has 0 saturated heterocycles. The number of imide groups is 1. The molecule has 30 heavy (non-hydrogen) atoms. The number of hydrogen-bond acceptors (Lipinski definition) is 4. The highest BCUT2D eigenvalue weighted by atomic mass is 35.5. The van der Waals surface area contributed by atoms with Gasteiger partial charge in [0.15, 0.2) is 0 Å². The van der Waals surface area contributed by atoms with Gasteiger partial charge >= 0.3 is 0 Å². The molecule has 6 heteroatoms. The maximum Gasteiger partial charge on any atom is 0.283 e. The van der Waals surface area contributed by atoms with Crippen LogP contribution in [0.5, 0.6) is 11.5 Å². The molecule has 1 heterocycles. The normalized spacial score (nSPS) is 13.8. The number of hydrogen-bond donors (Lipinski definition) is 1. The van der Waals surface area contributed by atoms with Crippen molar-refractivity contribution in [3.8, 4) is 11.5 Å². The quantitative estimate of drug-likeness (QED) is 0.553. The highest BCUT2D eigenvalue weighted by molar-refractivity contribution is 6.53. The molecule has 5 nitrogen and oxygen atoms in total. The lowest BCUT2D eigenvalue weighted by Crippen LogP contribution is -2.32. The summed E-state index contributed by atoms with van der Waals surface area (Å²) in [7, 11) is 0. The average Bonchev–Trinajstić information content (AvgIpc) is 2.95. The van der Waals surface area contributed by atoms with Crippen molar-refractivity contribution in [3.05, 3.63) is 94.7 Å². The fourth-order valence-corrected chi connectivity index (χ4v) is 3.35. The maximum absolute atomic E-state index is 13.0. The third kappa shape index (κ3) is 3.80. The van der Waals surface area contributed by atoms with E-state index in [1.54, 1.807) is 24.3 Å². The second kappa shape index (κ2) is 8.05. The SMILES string of the molecule is Cc1ccc(C)c(NC2=C(Cl)C(=O)N(c3ccc(Oc4ccccc4)cc3)C2=O)c1. The summed E-state index contributed by atoms with van der Waals surface area (Å²) in [5.41, 5.74) is 3.19. The highest BCUT2D eigenvalue weighted by Crippen LogP contribution is 2.32. The standard InChI is InChI=1S/C24H19ClN2O3/c1-15-8-9-16(2)20(14-15)26-22-21(25)23(28)27(24(22)29)17-10-12-19(13-11-17)30-18-6-4-3-5-7-18/h3-14,26H,1-2H3. The Morgan fingerprint density at radius 2 is 1.50 bits per heavy atom. The molecule has 1 N–H and O–H groups in total. The minimum absolute atomic E-state index is 0.0694. The zero-order valence-electron chi connectivity index (χ0n) is 16.5. The first-order valence-electron chi connectivity index (χ1n) is 9.40. The Bertz CT molecular complexity index is 1150. The minimum Gasteiger partial charge on any atom is -0.457 e. The molecule has 3 aromatic carbocycles. The first-order chi connectivity index (χ1) is 14.4. The lowest BCUT2D eigenvalue weighted by Gasteiger charge is -2.16. The Morgan fingerprint density at radius 3 is 2.20 bits per heavy atom. The molecule has 0 radical (unpaired) electrons. The molecule has 0 aliphatic carbocycles. The number of ether oxygens (including phenoxy) is 1. The van der Waals surface area contributed by atoms with Crippen molar-refractivity contribution < 1.29 is 14.3 Å². The van der Waals surface area contributed by atoms with Crippen LogP contribution in [0, 0.1) is 13.8 Å². The number of halogens is 1. The number of carbonyl (C=O) groups excluding carboxylic acids is 2. The second-order valence-electron chi connectivity index (χ2n) is 6.99. The first kappa shape index (κ1) is 19.7. The summed E-state index contributed by atoms with van der Waals surface area (Å²) in [5, 5.41) is 2.90. The van der Waals surface area contributed by atoms with Crippen LogP contribution in [0.15, 0.2) is 83.5 Å². The zero-order chi connectivity index (χ0) is 21.3. The summed E-state index contributed by atoms with van der Waals surface area (Å²) >= 11 is 6.23. The molecule has 0 aromatic heterocycles. The monoisotopic (exact) mass is 418 g/mol. The van der Waals surface area contributed by atoms with Gasteiger partial charge in [0, 0.05) is 5.69 Å². The number of rotatable bonds is 5. The lowest BCUT2D eigenvalue weighted by atomic mass is 10.1. The molecule has 0 atom stereocenters. The van der Waals surface area contributed by atoms with Crippen molar-refractivity contribution in [2.45, 2.75) is 13.8 Å². The van der Waals surface area contributed by atoms with Gasteiger partial charge in [-0.15, -0.1) is 0 Å². The Kier molecular flexibility index (Phi) is 5.29. The van der Waals surface area contributed by atoms with E-state index in [2.05, 4.69) is 5.32 Å². The van der Waals surface area contributed by atoms with E-state index in [9.17, 15) is 9.59 Å². The van der Waals surface area contributed by atoms with Crippen molar-refractivity contribution >= 4 is 34.8 Å². The highest BCUT2D eigenvalue weighted by Gasteiger charge is 2.39. The number of carbonyl (C=O) groups is 2. The predicted molar refractivity (Wildman–Crippen MR) is 118 cm³/mol. The van der Waals surface area contributed by atoms with Gasteiger partial charge in [0.1, 0.15) is 22.2 Å². The molecular formula is C24H19ClN2O3. The maximum atomic E-state index is 13.0. The zero-order valence-corrected chi connectivity index (χ0v) is 17.2. The van der Waals surface area contributed by atoms with Gasteiger partial charge < -0.3 is 10.1 Å². The Balaban J connectivity index is 1.55. The van der Waals surface area contributed by atoms with Gasteiger partial charge in [-0.3, -0.25) is 9.59 Å². The van der Waals surface area contributed by atoms with Crippen LogP contribution in [-0.4, -0.2) is 11.8 Å². The topological polar surface area (TPSA) is 58.6 Å². The number of aryl methyl sites for hydroxylation is 2. The molecule has 3 aromatic rings. The summed E-state index contributed by atoms with van der Waals surface area (Å²) in [6, 6.07) is 21.9. The van der Waals surface area contributed by atoms with E-state index >= 15 is 0 Å². The second-order valence-corrected chi connectivity index (χ2v) is 7.37. The third-order valence-electron chi connectivity index (χ3n) is 4.75. The number of anilines is 2. The van der Waals surface area contributed by atoms with Crippen LogP contribution in [0.1, 0.15) is 11.1 Å². The molecule has 0 fully saturated rings. The largest absolute Gasteiger partial charge is 0.457 e. The lowest BCUT2D eigenvalue weighted by molar-refractivity contribution is -0.120. The minimum atomic E-state index is -0.564. The summed E-state index contributed by atoms with van der Waals surface area (Å²) in [4.78, 5) is 26.7. The Labute approximate surface area is 179 Å². The fraction of sp³-hybridized carbons (Fsp3) is 0.0833. The van der Waals surface area contributed by atoms with E-state index in [0.717, 1.165) is 21.7 Å². The molecule has 2 amide bonds. The van der Waals surface area contributed by atoms with Gasteiger partial charge in [-0.1, -0.05) is 41.9 Å². The molecule has 1 aliphatic heterocycles. The third-order valence-corrected chi connectivity index (χ3v) is 5.10. The fourth-order valence-electron chi connectivity index (χ4n) is 3.14. The van der Waals surface area contributed by atoms with Crippen LogP contribution in [0.25, 0.3) is 0 Å². The van der Waals surface area contributed by atoms with Crippen molar-refractivity contribution in [2.75, 3.05) is 10.2 Å². The van der Waals surface area contributed by atoms with Crippen molar-refractivity contribution in [1.29, 1.82) is 0 Å². The summed E-state index contributed by atoms with van der Waals surface area (Å²) in [6.45, 7) is 3.87. The summed E-state index contributed by atoms with van der Waals surface area (Å²) < 4.78 is 5.76. The molecule has 0 unspecified atom stereocenters. The van der Waals surface area contributed by atoms with Gasteiger partial charge in [-0.25, -0.2) is 4.90 Å². The van der Waals surface area contributed by atoms with Crippen molar-refractivity contribution in [3.63, 3.8) is 0 Å². The van der Waals surface area contributed by atoms with E-state index in [0.29, 0.717) is 17.2 Å². The molecule has 150 valence electrons. The van der Waals surface area contributed by atoms with Crippen molar-refractivity contribution in [1.82, 2.24) is 0 Å². The van der Waals surface area contributed by atoms with E-state index in [1.807, 2.05) is 62.4 Å². The van der Waals surface area contributed by atoms with Crippen LogP contribution in [0.3, 0.4) is 0 Å². The molecule has 1 aliphatic rings. The smallest absolute Gasteiger partial charge is 0.283 e. The Morgan fingerprint density at radius 1 is 0.833 bits per heavy atom. The van der Waals surface area contributed by atoms with Gasteiger partial charge in [0.25, 0.3) is 11.8 Å². The van der Waals surface area contributed by atoms with Crippen molar-refractivity contribution in [2.24, 2.45) is 0 Å². The van der Waals surface area contributed by atoms with Crippen LogP contribution in [-0.2, 0) is 9.59 Å². The number of amides is 2. The van der Waals surface area contributed by atoms with E-state index in [1.165, 1.54) is 0 Å². The molecule has 0 spiro atoms. The van der Waals surface area contributed by atoms with Gasteiger partial charge in [-0.05, 0) is 67.4 Å². The number of benzene rings is 3. The predicted octanol–water partition coefficient (Wildman–Crippen LogP) is 5.53. The van der Waals surface area contributed by atoms with Crippen LogP contribution >= 0.6 is 11.6 Å². The molecule has 4 rings (SSSR count). The average molecular weight is 419 g/mol. The molecule has 0 saturated carbocycles. The van der Waals surface area contributed by atoms with E-state index in [-0.39, 0.29) is 10.7 Å². The van der Waals surface area contributed by atoms with Crippen LogP contribution in [0.4, 0.5) is 11.4 Å².